The summed E-state index contributed by atoms with van der Waals surface area (Å²) in [6.45, 7) is 5.84. The van der Waals surface area contributed by atoms with Gasteiger partial charge in [-0.05, 0) is 50.5 Å². The lowest BCUT2D eigenvalue weighted by Crippen LogP contribution is -2.42. The minimum absolute atomic E-state index is 0.0126. The first-order chi connectivity index (χ1) is 21.7. The number of carbonyl (C=O) groups excluding carboxylic acids is 2. The Balaban J connectivity index is 1.41. The monoisotopic (exact) mass is 643 g/mol. The van der Waals surface area contributed by atoms with Crippen LogP contribution in [0, 0.1) is 17.2 Å². The van der Waals surface area contributed by atoms with Crippen molar-refractivity contribution in [2.45, 2.75) is 58.2 Å². The van der Waals surface area contributed by atoms with E-state index in [0.717, 1.165) is 37.0 Å². The number of aromatic nitrogens is 4. The molecule has 46 heavy (non-hydrogen) atoms. The summed E-state index contributed by atoms with van der Waals surface area (Å²) in [6.07, 6.45) is -0.838. The van der Waals surface area contributed by atoms with E-state index in [9.17, 15) is 22.8 Å². The second-order valence-electron chi connectivity index (χ2n) is 12.1. The highest BCUT2D eigenvalue weighted by molar-refractivity contribution is 6.05. The molecule has 2 amide bonds. The van der Waals surface area contributed by atoms with Gasteiger partial charge in [0.05, 0.1) is 23.9 Å². The molecule has 0 radical (unpaired) electrons. The van der Waals surface area contributed by atoms with Gasteiger partial charge in [-0.2, -0.15) is 17.6 Å². The largest absolute Gasteiger partial charge is 0.493 e. The third kappa shape index (κ3) is 5.36. The Morgan fingerprint density at radius 3 is 2.65 bits per heavy atom. The van der Waals surface area contributed by atoms with E-state index in [0.29, 0.717) is 25.5 Å². The number of pyridine rings is 1. The highest BCUT2D eigenvalue weighted by Gasteiger charge is 2.48. The van der Waals surface area contributed by atoms with Gasteiger partial charge in [0.1, 0.15) is 40.2 Å². The molecule has 6 rings (SSSR count). The first kappa shape index (κ1) is 31.2. The molecule has 10 nitrogen and oxygen atoms in total. The van der Waals surface area contributed by atoms with E-state index in [1.165, 1.54) is 4.40 Å². The Bertz CT molecular complexity index is 1870. The maximum atomic E-state index is 15.7. The number of ether oxygens (including phenoxy) is 1. The SMILES string of the molecule is CCOc1cc(C(=O)Nc2cc(C(F)(F)F)ccn2)c(F)cc1-c1nc([C@@H]2CC[C@H]3CC(C)(C)C(=O)N3C2)n2c(F)cnc(N)c12. The average Bonchev–Trinajstić information content (AvgIpc) is 3.51. The Morgan fingerprint density at radius 1 is 1.17 bits per heavy atom. The molecule has 3 aromatic heterocycles. The van der Waals surface area contributed by atoms with Crippen LogP contribution >= 0.6 is 0 Å². The molecule has 0 bridgehead atoms. The fraction of sp³-hybridized carbons (Fsp3) is 0.387. The molecule has 0 spiro atoms. The summed E-state index contributed by atoms with van der Waals surface area (Å²) in [5.74, 6) is -3.53. The number of nitrogens with one attached hydrogen (secondary N) is 1. The van der Waals surface area contributed by atoms with Crippen LogP contribution in [0.1, 0.15) is 67.7 Å². The van der Waals surface area contributed by atoms with Crippen LogP contribution in [0.4, 0.5) is 33.6 Å². The molecule has 4 aromatic rings. The Morgan fingerprint density at radius 2 is 1.93 bits per heavy atom. The van der Waals surface area contributed by atoms with E-state index in [2.05, 4.69) is 15.3 Å². The zero-order chi connectivity index (χ0) is 33.1. The number of hydrogen-bond donors (Lipinski definition) is 2. The van der Waals surface area contributed by atoms with E-state index in [1.807, 2.05) is 18.7 Å². The van der Waals surface area contributed by atoms with Gasteiger partial charge in [0, 0.05) is 35.7 Å². The lowest BCUT2D eigenvalue weighted by Gasteiger charge is -2.34. The van der Waals surface area contributed by atoms with Crippen LogP contribution in [0.15, 0.2) is 36.7 Å². The summed E-state index contributed by atoms with van der Waals surface area (Å²) in [5, 5.41) is 2.18. The first-order valence-corrected chi connectivity index (χ1v) is 14.6. The molecular weight excluding hydrogens is 613 g/mol. The van der Waals surface area contributed by atoms with Crippen molar-refractivity contribution in [2.24, 2.45) is 5.41 Å². The average molecular weight is 644 g/mol. The molecule has 0 aliphatic carbocycles. The Kier molecular flexibility index (Phi) is 7.60. The Labute approximate surface area is 259 Å². The summed E-state index contributed by atoms with van der Waals surface area (Å²) >= 11 is 0. The van der Waals surface area contributed by atoms with Crippen LogP contribution in [0.3, 0.4) is 0 Å². The molecule has 2 fully saturated rings. The normalized spacial score (nSPS) is 19.4. The molecule has 2 saturated heterocycles. The molecule has 242 valence electrons. The predicted octanol–water partition coefficient (Wildman–Crippen LogP) is 5.83. The summed E-state index contributed by atoms with van der Waals surface area (Å²) in [6, 6.07) is 3.49. The highest BCUT2D eigenvalue weighted by atomic mass is 19.4. The maximum absolute atomic E-state index is 15.7. The summed E-state index contributed by atoms with van der Waals surface area (Å²) in [4.78, 5) is 40.4. The number of alkyl halides is 3. The predicted molar refractivity (Wildman–Crippen MR) is 157 cm³/mol. The van der Waals surface area contributed by atoms with Gasteiger partial charge < -0.3 is 20.7 Å². The number of anilines is 2. The third-order valence-corrected chi connectivity index (χ3v) is 8.52. The van der Waals surface area contributed by atoms with Gasteiger partial charge in [-0.15, -0.1) is 0 Å². The van der Waals surface area contributed by atoms with Crippen LogP contribution in [-0.2, 0) is 11.0 Å². The quantitative estimate of drug-likeness (QED) is 0.253. The fourth-order valence-electron chi connectivity index (χ4n) is 6.40. The van der Waals surface area contributed by atoms with Crippen LogP contribution in [0.25, 0.3) is 16.8 Å². The molecule has 3 N–H and O–H groups in total. The minimum atomic E-state index is -4.68. The molecule has 5 heterocycles. The van der Waals surface area contributed by atoms with E-state index < -0.39 is 46.2 Å². The van der Waals surface area contributed by atoms with Gasteiger partial charge in [0.25, 0.3) is 5.91 Å². The number of fused-ring (bicyclic) bond motifs is 2. The number of nitrogens with zero attached hydrogens (tertiary/aromatic N) is 5. The van der Waals surface area contributed by atoms with Crippen LogP contribution in [-0.4, -0.2) is 55.3 Å². The summed E-state index contributed by atoms with van der Waals surface area (Å²) in [5.41, 5.74) is 4.28. The topological polar surface area (TPSA) is 128 Å². The smallest absolute Gasteiger partial charge is 0.416 e. The van der Waals surface area contributed by atoms with Crippen molar-refractivity contribution in [3.05, 3.63) is 65.4 Å². The molecular formula is C31H30F5N7O3. The number of benzene rings is 1. The lowest BCUT2D eigenvalue weighted by molar-refractivity contribution is -0.138. The molecule has 2 aliphatic heterocycles. The number of amides is 2. The van der Waals surface area contributed by atoms with E-state index in [4.69, 9.17) is 15.5 Å². The molecule has 0 unspecified atom stereocenters. The van der Waals surface area contributed by atoms with Crippen molar-refractivity contribution in [1.82, 2.24) is 24.3 Å². The van der Waals surface area contributed by atoms with Gasteiger partial charge in [0.15, 0.2) is 0 Å². The molecule has 2 atom stereocenters. The van der Waals surface area contributed by atoms with Gasteiger partial charge >= 0.3 is 6.18 Å². The number of carbonyl (C=O) groups is 2. The van der Waals surface area contributed by atoms with Crippen molar-refractivity contribution in [1.29, 1.82) is 0 Å². The second-order valence-corrected chi connectivity index (χ2v) is 12.1. The second kappa shape index (κ2) is 11.2. The Hall–Kier alpha value is -4.82. The number of nitrogen functional groups attached to an aromatic ring is 1. The van der Waals surface area contributed by atoms with Crippen molar-refractivity contribution in [3.63, 3.8) is 0 Å². The van der Waals surface area contributed by atoms with E-state index >= 15 is 8.78 Å². The van der Waals surface area contributed by atoms with Gasteiger partial charge in [0.2, 0.25) is 11.9 Å². The molecule has 15 heteroatoms. The maximum Gasteiger partial charge on any atom is 0.416 e. The minimum Gasteiger partial charge on any atom is -0.493 e. The van der Waals surface area contributed by atoms with E-state index in [1.54, 1.807) is 6.92 Å². The van der Waals surface area contributed by atoms with Crippen LogP contribution in [0.5, 0.6) is 5.75 Å². The third-order valence-electron chi connectivity index (χ3n) is 8.52. The number of imidazole rings is 1. The lowest BCUT2D eigenvalue weighted by atomic mass is 9.87. The van der Waals surface area contributed by atoms with Crippen LogP contribution in [0.2, 0.25) is 0 Å². The summed E-state index contributed by atoms with van der Waals surface area (Å²) in [7, 11) is 0. The van der Waals surface area contributed by atoms with Gasteiger partial charge in [-0.25, -0.2) is 19.3 Å². The highest BCUT2D eigenvalue weighted by Crippen LogP contribution is 2.45. The van der Waals surface area contributed by atoms with Crippen LogP contribution < -0.4 is 15.8 Å². The van der Waals surface area contributed by atoms with Gasteiger partial charge in [-0.3, -0.25) is 14.0 Å². The molecule has 0 saturated carbocycles. The number of rotatable bonds is 6. The fourth-order valence-corrected chi connectivity index (χ4v) is 6.40. The van der Waals surface area contributed by atoms with Crippen molar-refractivity contribution < 1.29 is 36.3 Å². The van der Waals surface area contributed by atoms with E-state index in [-0.39, 0.29) is 58.6 Å². The molecule has 1 aromatic carbocycles. The van der Waals surface area contributed by atoms with Crippen molar-refractivity contribution >= 4 is 29.0 Å². The molecule has 2 aliphatic rings. The standard InChI is InChI=1S/C31H30F5N7O3/c1-4-46-21-11-18(28(44)40-23-9-16(7-8-38-23)31(34,35)36)20(32)10-19(21)24-25-26(37)39-13-22(33)43(25)27(41-24)15-5-6-17-12-30(2,3)29(45)42(17)14-15/h7-11,13,15,17H,4-6,12,14H2,1-3H3,(H2,37,39)(H,38,40,44)/t15-,17+/m1/s1. The van der Waals surface area contributed by atoms with Crippen molar-refractivity contribution in [3.8, 4) is 17.0 Å². The number of halogens is 5. The first-order valence-electron chi connectivity index (χ1n) is 14.6. The zero-order valence-corrected chi connectivity index (χ0v) is 25.1. The number of nitrogens with two attached hydrogens (primary N) is 1. The number of piperidine rings is 1. The number of hydrogen-bond acceptors (Lipinski definition) is 7. The summed E-state index contributed by atoms with van der Waals surface area (Å²) < 4.78 is 77.5. The van der Waals surface area contributed by atoms with Crippen molar-refractivity contribution in [2.75, 3.05) is 24.2 Å². The van der Waals surface area contributed by atoms with Gasteiger partial charge in [-0.1, -0.05) is 13.8 Å². The zero-order valence-electron chi connectivity index (χ0n) is 25.1.